The molecule has 2 rings (SSSR count). The van der Waals surface area contributed by atoms with E-state index in [4.69, 9.17) is 0 Å². The van der Waals surface area contributed by atoms with Crippen molar-refractivity contribution in [3.63, 3.8) is 0 Å². The summed E-state index contributed by atoms with van der Waals surface area (Å²) in [5.74, 6) is -0.500. The molecule has 0 atom stereocenters. The molecule has 0 aliphatic carbocycles. The van der Waals surface area contributed by atoms with Gasteiger partial charge in [-0.15, -0.1) is 0 Å². The van der Waals surface area contributed by atoms with Crippen molar-refractivity contribution >= 4 is 5.78 Å². The Labute approximate surface area is 118 Å². The third-order valence-electron chi connectivity index (χ3n) is 3.35. The van der Waals surface area contributed by atoms with Crippen LogP contribution >= 0.6 is 0 Å². The van der Waals surface area contributed by atoms with Gasteiger partial charge in [-0.3, -0.25) is 4.79 Å². The number of carbonyl (C=O) groups is 1. The van der Waals surface area contributed by atoms with E-state index in [2.05, 4.69) is 5.32 Å². The first-order valence-corrected chi connectivity index (χ1v) is 6.67. The zero-order valence-corrected chi connectivity index (χ0v) is 11.7. The Morgan fingerprint density at radius 3 is 2.65 bits per heavy atom. The molecule has 2 aromatic rings. The lowest BCUT2D eigenvalue weighted by molar-refractivity contribution is 0.103. The minimum Gasteiger partial charge on any atom is -0.319 e. The number of aryl methyl sites for hydroxylation is 1. The average Bonchev–Trinajstić information content (AvgIpc) is 2.47. The monoisotopic (exact) mass is 271 g/mol. The lowest BCUT2D eigenvalue weighted by atomic mass is 9.94. The highest BCUT2D eigenvalue weighted by molar-refractivity contribution is 6.10. The van der Waals surface area contributed by atoms with Crippen LogP contribution in [-0.2, 0) is 6.42 Å². The lowest BCUT2D eigenvalue weighted by Gasteiger charge is -2.10. The van der Waals surface area contributed by atoms with Crippen molar-refractivity contribution in [3.8, 4) is 0 Å². The molecular formula is C17H18FNO. The molecule has 0 unspecified atom stereocenters. The summed E-state index contributed by atoms with van der Waals surface area (Å²) in [5, 5.41) is 3.07. The van der Waals surface area contributed by atoms with E-state index < -0.39 is 0 Å². The van der Waals surface area contributed by atoms with Gasteiger partial charge in [0.15, 0.2) is 5.78 Å². The summed E-state index contributed by atoms with van der Waals surface area (Å²) in [4.78, 5) is 12.6. The first-order valence-electron chi connectivity index (χ1n) is 6.67. The Balaban J connectivity index is 2.40. The molecule has 2 aromatic carbocycles. The molecule has 0 aliphatic rings. The first-order chi connectivity index (χ1) is 9.63. The molecule has 0 radical (unpaired) electrons. The quantitative estimate of drug-likeness (QED) is 0.847. The molecule has 0 amide bonds. The standard InChI is InChI=1S/C17H18FNO/c1-12-7-8-14(18)11-16(12)17(20)15-6-4-3-5-13(15)9-10-19-2/h3-8,11,19H,9-10H2,1-2H3. The van der Waals surface area contributed by atoms with Crippen LogP contribution in [0.3, 0.4) is 0 Å². The van der Waals surface area contributed by atoms with E-state index in [1.54, 1.807) is 12.1 Å². The largest absolute Gasteiger partial charge is 0.319 e. The molecule has 0 saturated carbocycles. The predicted molar refractivity (Wildman–Crippen MR) is 78.6 cm³/mol. The lowest BCUT2D eigenvalue weighted by Crippen LogP contribution is -2.14. The molecule has 0 saturated heterocycles. The van der Waals surface area contributed by atoms with Crippen LogP contribution < -0.4 is 5.32 Å². The van der Waals surface area contributed by atoms with Gasteiger partial charge in [0, 0.05) is 11.1 Å². The predicted octanol–water partition coefficient (Wildman–Crippen LogP) is 3.13. The maximum Gasteiger partial charge on any atom is 0.193 e. The molecule has 104 valence electrons. The first kappa shape index (κ1) is 14.4. The minimum atomic E-state index is -0.383. The van der Waals surface area contributed by atoms with E-state index in [0.717, 1.165) is 24.1 Å². The van der Waals surface area contributed by atoms with Gasteiger partial charge < -0.3 is 5.32 Å². The number of hydrogen-bond acceptors (Lipinski definition) is 2. The van der Waals surface area contributed by atoms with E-state index in [0.29, 0.717) is 11.1 Å². The van der Waals surface area contributed by atoms with Gasteiger partial charge in [-0.2, -0.15) is 0 Å². The van der Waals surface area contributed by atoms with Crippen molar-refractivity contribution in [1.82, 2.24) is 5.32 Å². The second kappa shape index (κ2) is 6.44. The number of ketones is 1. The van der Waals surface area contributed by atoms with E-state index in [-0.39, 0.29) is 11.6 Å². The van der Waals surface area contributed by atoms with Crippen LogP contribution in [-0.4, -0.2) is 19.4 Å². The maximum atomic E-state index is 13.4. The Kier molecular flexibility index (Phi) is 4.64. The molecule has 0 heterocycles. The van der Waals surface area contributed by atoms with Crippen molar-refractivity contribution in [2.75, 3.05) is 13.6 Å². The summed E-state index contributed by atoms with van der Waals surface area (Å²) >= 11 is 0. The molecular weight excluding hydrogens is 253 g/mol. The van der Waals surface area contributed by atoms with Crippen LogP contribution in [0.5, 0.6) is 0 Å². The summed E-state index contributed by atoms with van der Waals surface area (Å²) in [6.45, 7) is 2.62. The van der Waals surface area contributed by atoms with E-state index in [1.165, 1.54) is 12.1 Å². The smallest absolute Gasteiger partial charge is 0.193 e. The molecule has 2 nitrogen and oxygen atoms in total. The highest BCUT2D eigenvalue weighted by Gasteiger charge is 2.15. The number of likely N-dealkylation sites (N-methyl/N-ethyl adjacent to an activating group) is 1. The Morgan fingerprint density at radius 2 is 1.90 bits per heavy atom. The molecule has 3 heteroatoms. The fourth-order valence-corrected chi connectivity index (χ4v) is 2.20. The Bertz CT molecular complexity index is 622. The zero-order valence-electron chi connectivity index (χ0n) is 11.7. The number of hydrogen-bond donors (Lipinski definition) is 1. The Hall–Kier alpha value is -2.00. The number of nitrogens with one attached hydrogen (secondary N) is 1. The van der Waals surface area contributed by atoms with E-state index in [1.807, 2.05) is 32.2 Å². The summed E-state index contributed by atoms with van der Waals surface area (Å²) in [6.07, 6.45) is 0.771. The van der Waals surface area contributed by atoms with Gasteiger partial charge in [0.2, 0.25) is 0 Å². The van der Waals surface area contributed by atoms with Crippen LogP contribution in [0.15, 0.2) is 42.5 Å². The van der Waals surface area contributed by atoms with Gasteiger partial charge in [-0.05, 0) is 50.2 Å². The average molecular weight is 271 g/mol. The Morgan fingerprint density at radius 1 is 1.15 bits per heavy atom. The van der Waals surface area contributed by atoms with E-state index >= 15 is 0 Å². The molecule has 0 bridgehead atoms. The summed E-state index contributed by atoms with van der Waals surface area (Å²) in [7, 11) is 1.88. The number of halogens is 1. The fourth-order valence-electron chi connectivity index (χ4n) is 2.20. The van der Waals surface area contributed by atoms with Crippen molar-refractivity contribution in [2.24, 2.45) is 0 Å². The van der Waals surface area contributed by atoms with Crippen LogP contribution in [0.4, 0.5) is 4.39 Å². The topological polar surface area (TPSA) is 29.1 Å². The number of rotatable bonds is 5. The minimum absolute atomic E-state index is 0.117. The second-order valence-corrected chi connectivity index (χ2v) is 4.80. The molecule has 0 fully saturated rings. The molecule has 20 heavy (non-hydrogen) atoms. The van der Waals surface area contributed by atoms with Gasteiger partial charge in [-0.1, -0.05) is 30.3 Å². The van der Waals surface area contributed by atoms with E-state index in [9.17, 15) is 9.18 Å². The maximum absolute atomic E-state index is 13.4. The molecule has 0 aliphatic heterocycles. The van der Waals surface area contributed by atoms with Crippen molar-refractivity contribution in [2.45, 2.75) is 13.3 Å². The van der Waals surface area contributed by atoms with Crippen LogP contribution in [0.25, 0.3) is 0 Å². The molecule has 1 N–H and O–H groups in total. The van der Waals surface area contributed by atoms with Crippen LogP contribution in [0.2, 0.25) is 0 Å². The van der Waals surface area contributed by atoms with Crippen molar-refractivity contribution in [1.29, 1.82) is 0 Å². The van der Waals surface area contributed by atoms with Crippen LogP contribution in [0.1, 0.15) is 27.0 Å². The normalized spacial score (nSPS) is 10.6. The third kappa shape index (κ3) is 3.11. The SMILES string of the molecule is CNCCc1ccccc1C(=O)c1cc(F)ccc1C. The molecule has 0 aromatic heterocycles. The summed E-state index contributed by atoms with van der Waals surface area (Å²) in [6, 6.07) is 11.8. The number of carbonyl (C=O) groups excluding carboxylic acids is 1. The van der Waals surface area contributed by atoms with Gasteiger partial charge in [0.25, 0.3) is 0 Å². The second-order valence-electron chi connectivity index (χ2n) is 4.80. The van der Waals surface area contributed by atoms with Gasteiger partial charge >= 0.3 is 0 Å². The number of benzene rings is 2. The third-order valence-corrected chi connectivity index (χ3v) is 3.35. The summed E-state index contributed by atoms with van der Waals surface area (Å²) < 4.78 is 13.4. The van der Waals surface area contributed by atoms with Gasteiger partial charge in [-0.25, -0.2) is 4.39 Å². The van der Waals surface area contributed by atoms with Gasteiger partial charge in [0.05, 0.1) is 0 Å². The highest BCUT2D eigenvalue weighted by atomic mass is 19.1. The van der Waals surface area contributed by atoms with Crippen LogP contribution in [0, 0.1) is 12.7 Å². The van der Waals surface area contributed by atoms with Gasteiger partial charge in [0.1, 0.15) is 5.82 Å². The zero-order chi connectivity index (χ0) is 14.5. The molecule has 0 spiro atoms. The van der Waals surface area contributed by atoms with Crippen molar-refractivity contribution < 1.29 is 9.18 Å². The highest BCUT2D eigenvalue weighted by Crippen LogP contribution is 2.18. The van der Waals surface area contributed by atoms with Crippen molar-refractivity contribution in [3.05, 3.63) is 70.5 Å². The summed E-state index contributed by atoms with van der Waals surface area (Å²) in [5.41, 5.74) is 2.86. The fraction of sp³-hybridized carbons (Fsp3) is 0.235.